The number of nitrogens with one attached hydrogen (secondary N) is 2. The molecule has 82 valence electrons. The molecule has 1 atom stereocenters. The molecule has 6 heteroatoms. The van der Waals surface area contributed by atoms with Crippen LogP contribution in [-0.4, -0.2) is 50.5 Å². The molecule has 0 fully saturated rings. The number of hydrogen-bond donors (Lipinski definition) is 2. The monoisotopic (exact) mass is 209 g/mol. The number of amidine groups is 1. The predicted molar refractivity (Wildman–Crippen MR) is 58.6 cm³/mol. The molecular formula is C9H15N5O. The molecule has 2 heterocycles. The van der Waals surface area contributed by atoms with Crippen LogP contribution in [0.1, 0.15) is 0 Å². The highest BCUT2D eigenvalue weighted by atomic mass is 16.5. The quantitative estimate of drug-likeness (QED) is 0.646. The van der Waals surface area contributed by atoms with Gasteiger partial charge in [-0.3, -0.25) is 0 Å². The fraction of sp³-hybridized carbons (Fsp3) is 0.556. The van der Waals surface area contributed by atoms with Crippen LogP contribution >= 0.6 is 0 Å². The van der Waals surface area contributed by atoms with Gasteiger partial charge in [0.25, 0.3) is 0 Å². The second-order valence-electron chi connectivity index (χ2n) is 3.42. The van der Waals surface area contributed by atoms with E-state index in [-0.39, 0.29) is 6.17 Å². The number of rotatable bonds is 3. The third-order valence-electron chi connectivity index (χ3n) is 2.39. The summed E-state index contributed by atoms with van der Waals surface area (Å²) < 4.78 is 5.03. The van der Waals surface area contributed by atoms with Gasteiger partial charge in [0, 0.05) is 26.9 Å². The van der Waals surface area contributed by atoms with E-state index in [4.69, 9.17) is 4.74 Å². The van der Waals surface area contributed by atoms with Crippen LogP contribution in [0.3, 0.4) is 0 Å². The Morgan fingerprint density at radius 1 is 1.60 bits per heavy atom. The van der Waals surface area contributed by atoms with Crippen LogP contribution in [0, 0.1) is 0 Å². The number of fused-ring (bicyclic) bond motifs is 1. The molecule has 2 rings (SSSR count). The molecule has 15 heavy (non-hydrogen) atoms. The van der Waals surface area contributed by atoms with Crippen molar-refractivity contribution in [1.29, 1.82) is 0 Å². The molecule has 2 aliphatic rings. The van der Waals surface area contributed by atoms with Crippen molar-refractivity contribution in [2.24, 2.45) is 9.98 Å². The minimum Gasteiger partial charge on any atom is -0.383 e. The Labute approximate surface area is 88.7 Å². The van der Waals surface area contributed by atoms with Crippen LogP contribution in [0.15, 0.2) is 21.8 Å². The second-order valence-corrected chi connectivity index (χ2v) is 3.42. The first-order valence-electron chi connectivity index (χ1n) is 4.84. The summed E-state index contributed by atoms with van der Waals surface area (Å²) in [7, 11) is 3.69. The van der Waals surface area contributed by atoms with Gasteiger partial charge in [-0.1, -0.05) is 0 Å². The lowest BCUT2D eigenvalue weighted by Gasteiger charge is -2.24. The summed E-state index contributed by atoms with van der Waals surface area (Å²) >= 11 is 0. The summed E-state index contributed by atoms with van der Waals surface area (Å²) in [6.07, 6.45) is 3.46. The van der Waals surface area contributed by atoms with E-state index in [2.05, 4.69) is 25.7 Å². The first-order valence-corrected chi connectivity index (χ1v) is 4.84. The average molecular weight is 209 g/mol. The number of ether oxygens (including phenoxy) is 1. The highest BCUT2D eigenvalue weighted by Crippen LogP contribution is 2.14. The molecule has 2 N–H and O–H groups in total. The Bertz CT molecular complexity index is 322. The van der Waals surface area contributed by atoms with E-state index in [1.807, 2.05) is 13.2 Å². The van der Waals surface area contributed by atoms with E-state index in [9.17, 15) is 0 Å². The number of likely N-dealkylation sites (N-methyl/N-ethyl adjacent to an activating group) is 1. The lowest BCUT2D eigenvalue weighted by molar-refractivity contribution is 0.183. The smallest absolute Gasteiger partial charge is 0.148 e. The SMILES string of the molecule is COCCN(C)C1=NC=NC2NNC=C12. The van der Waals surface area contributed by atoms with Gasteiger partial charge in [-0.05, 0) is 0 Å². The summed E-state index contributed by atoms with van der Waals surface area (Å²) in [5, 5.41) is 0. The summed E-state index contributed by atoms with van der Waals surface area (Å²) in [4.78, 5) is 10.5. The van der Waals surface area contributed by atoms with Crippen molar-refractivity contribution in [3.8, 4) is 0 Å². The van der Waals surface area contributed by atoms with Crippen molar-refractivity contribution >= 4 is 12.2 Å². The number of hydrazine groups is 1. The Kier molecular flexibility index (Phi) is 2.98. The Balaban J connectivity index is 2.07. The first-order chi connectivity index (χ1) is 7.33. The van der Waals surface area contributed by atoms with Crippen molar-refractivity contribution in [2.45, 2.75) is 6.17 Å². The highest BCUT2D eigenvalue weighted by Gasteiger charge is 2.26. The minimum absolute atomic E-state index is 0.0116. The van der Waals surface area contributed by atoms with Crippen LogP contribution in [0.4, 0.5) is 0 Å². The van der Waals surface area contributed by atoms with Crippen molar-refractivity contribution < 1.29 is 4.74 Å². The molecule has 2 aliphatic heterocycles. The fourth-order valence-corrected chi connectivity index (χ4v) is 1.54. The highest BCUT2D eigenvalue weighted by molar-refractivity contribution is 6.04. The molecule has 0 saturated carbocycles. The summed E-state index contributed by atoms with van der Waals surface area (Å²) in [5.74, 6) is 0.935. The van der Waals surface area contributed by atoms with Gasteiger partial charge < -0.3 is 15.1 Å². The zero-order valence-corrected chi connectivity index (χ0v) is 8.90. The normalized spacial score (nSPS) is 22.9. The topological polar surface area (TPSA) is 61.2 Å². The van der Waals surface area contributed by atoms with Gasteiger partial charge in [0.15, 0.2) is 0 Å². The van der Waals surface area contributed by atoms with Crippen molar-refractivity contribution in [3.05, 3.63) is 11.8 Å². The fourth-order valence-electron chi connectivity index (χ4n) is 1.54. The van der Waals surface area contributed by atoms with Gasteiger partial charge in [0.05, 0.1) is 12.2 Å². The Morgan fingerprint density at radius 2 is 2.47 bits per heavy atom. The molecule has 6 nitrogen and oxygen atoms in total. The number of methoxy groups -OCH3 is 1. The molecule has 0 aromatic rings. The van der Waals surface area contributed by atoms with E-state index in [1.165, 1.54) is 0 Å². The van der Waals surface area contributed by atoms with E-state index in [0.29, 0.717) is 6.61 Å². The van der Waals surface area contributed by atoms with Gasteiger partial charge >= 0.3 is 0 Å². The lowest BCUT2D eigenvalue weighted by atomic mass is 10.2. The molecule has 0 saturated heterocycles. The van der Waals surface area contributed by atoms with E-state index < -0.39 is 0 Å². The zero-order valence-electron chi connectivity index (χ0n) is 8.90. The molecule has 0 spiro atoms. The van der Waals surface area contributed by atoms with Crippen LogP contribution in [0.25, 0.3) is 0 Å². The maximum atomic E-state index is 5.03. The van der Waals surface area contributed by atoms with E-state index in [0.717, 1.165) is 18.0 Å². The van der Waals surface area contributed by atoms with Crippen LogP contribution in [-0.2, 0) is 4.74 Å². The zero-order chi connectivity index (χ0) is 10.7. The van der Waals surface area contributed by atoms with Crippen molar-refractivity contribution in [2.75, 3.05) is 27.3 Å². The van der Waals surface area contributed by atoms with Gasteiger partial charge in [-0.25, -0.2) is 15.4 Å². The molecule has 0 bridgehead atoms. The largest absolute Gasteiger partial charge is 0.383 e. The predicted octanol–water partition coefficient (Wildman–Crippen LogP) is -0.677. The van der Waals surface area contributed by atoms with E-state index >= 15 is 0 Å². The molecular weight excluding hydrogens is 194 g/mol. The first kappa shape index (κ1) is 10.1. The van der Waals surface area contributed by atoms with Crippen molar-refractivity contribution in [3.63, 3.8) is 0 Å². The average Bonchev–Trinajstić information content (AvgIpc) is 2.73. The van der Waals surface area contributed by atoms with Gasteiger partial charge in [0.1, 0.15) is 18.3 Å². The maximum Gasteiger partial charge on any atom is 0.148 e. The van der Waals surface area contributed by atoms with Gasteiger partial charge in [-0.15, -0.1) is 0 Å². The third-order valence-corrected chi connectivity index (χ3v) is 2.39. The van der Waals surface area contributed by atoms with E-state index in [1.54, 1.807) is 13.4 Å². The molecule has 0 aliphatic carbocycles. The molecule has 0 radical (unpaired) electrons. The summed E-state index contributed by atoms with van der Waals surface area (Å²) in [6, 6.07) is 0. The van der Waals surface area contributed by atoms with Gasteiger partial charge in [0.2, 0.25) is 0 Å². The number of nitrogens with zero attached hydrogens (tertiary/aromatic N) is 3. The minimum atomic E-state index is -0.0116. The van der Waals surface area contributed by atoms with Crippen molar-refractivity contribution in [1.82, 2.24) is 15.8 Å². The van der Waals surface area contributed by atoms with Crippen LogP contribution in [0.2, 0.25) is 0 Å². The second kappa shape index (κ2) is 4.41. The maximum absolute atomic E-state index is 5.03. The Hall–Kier alpha value is -1.40. The molecule has 0 aromatic carbocycles. The van der Waals surface area contributed by atoms with Crippen LogP contribution in [0.5, 0.6) is 0 Å². The summed E-state index contributed by atoms with van der Waals surface area (Å²) in [6.45, 7) is 1.50. The standard InChI is InChI=1S/C9H15N5O/c1-14(3-4-15-2)9-7-5-12-13-8(7)10-6-11-9/h5-6,8,12-13H,3-4H2,1-2H3. The molecule has 0 amide bonds. The molecule has 1 unspecified atom stereocenters. The third kappa shape index (κ3) is 2.00. The number of hydrogen-bond acceptors (Lipinski definition) is 6. The van der Waals surface area contributed by atoms with Gasteiger partial charge in [-0.2, -0.15) is 0 Å². The Morgan fingerprint density at radius 3 is 3.27 bits per heavy atom. The lowest BCUT2D eigenvalue weighted by Crippen LogP contribution is -2.39. The molecule has 0 aromatic heterocycles. The van der Waals surface area contributed by atoms with Crippen LogP contribution < -0.4 is 10.9 Å². The summed E-state index contributed by atoms with van der Waals surface area (Å²) in [5.41, 5.74) is 7.03. The number of aliphatic imine (C=N–C) groups is 2.